The van der Waals surface area contributed by atoms with E-state index < -0.39 is 0 Å². The van der Waals surface area contributed by atoms with Gasteiger partial charge in [0, 0.05) is 58.4 Å². The Kier molecular flexibility index (Phi) is 14.1. The molecule has 0 unspecified atom stereocenters. The maximum Gasteiger partial charge on any atom is 0.143 e. The number of furan rings is 2. The molecule has 0 N–H and O–H groups in total. The van der Waals surface area contributed by atoms with Crippen LogP contribution in [-0.4, -0.2) is 0 Å². The van der Waals surface area contributed by atoms with Gasteiger partial charge in [-0.3, -0.25) is 0 Å². The van der Waals surface area contributed by atoms with Gasteiger partial charge in [0.25, 0.3) is 0 Å². The Hall–Kier alpha value is -12.7. The molecule has 3 heterocycles. The SMILES string of the molecule is c1ccc(-c2c3ccccc3c(-c3ccc4oc5ccccc5c4c3)c3ccccc23)cc1.c1ccc(-c2c3ccccc3c(-c3cccc4c3oc3ccccc34)c3ccccc23)cc1.c1ccc(-c2c3ccccc3c(-c3cccc4c3sc3ccccc34)c3ccccc23)cc1. The molecule has 18 aromatic carbocycles. The first-order valence-corrected chi connectivity index (χ1v) is 34.7. The topological polar surface area (TPSA) is 26.3 Å². The number of hydrogen-bond acceptors (Lipinski definition) is 3. The average molecular weight is 1280 g/mol. The van der Waals surface area contributed by atoms with Crippen LogP contribution < -0.4 is 0 Å². The van der Waals surface area contributed by atoms with Gasteiger partial charge in [-0.25, -0.2) is 0 Å². The number of benzene rings is 18. The fraction of sp³-hybridized carbons (Fsp3) is 0. The van der Waals surface area contributed by atoms with Gasteiger partial charge in [0.15, 0.2) is 0 Å². The van der Waals surface area contributed by atoms with Crippen molar-refractivity contribution in [2.24, 2.45) is 0 Å². The Morgan fingerprint density at radius 1 is 0.172 bits per heavy atom. The van der Waals surface area contributed by atoms with Gasteiger partial charge in [-0.05, 0) is 145 Å². The molecular weight excluding hydrogens is 1220 g/mol. The van der Waals surface area contributed by atoms with Gasteiger partial charge in [-0.15, -0.1) is 11.3 Å². The number of thiophene rings is 1. The van der Waals surface area contributed by atoms with E-state index in [1.165, 1.54) is 146 Å². The van der Waals surface area contributed by atoms with Gasteiger partial charge in [0.1, 0.15) is 22.3 Å². The highest BCUT2D eigenvalue weighted by atomic mass is 32.1. The van der Waals surface area contributed by atoms with E-state index >= 15 is 0 Å². The molecule has 0 atom stereocenters. The molecule has 0 spiro atoms. The summed E-state index contributed by atoms with van der Waals surface area (Å²) >= 11 is 1.90. The highest BCUT2D eigenvalue weighted by Crippen LogP contribution is 2.51. The lowest BCUT2D eigenvalue weighted by molar-refractivity contribution is 0.669. The Balaban J connectivity index is 0.000000104. The highest BCUT2D eigenvalue weighted by Gasteiger charge is 2.23. The molecule has 2 nitrogen and oxygen atoms in total. The number of hydrogen-bond donors (Lipinski definition) is 0. The van der Waals surface area contributed by atoms with Crippen LogP contribution in [-0.2, 0) is 0 Å². The molecule has 21 aromatic rings. The lowest BCUT2D eigenvalue weighted by atomic mass is 9.85. The second-order valence-electron chi connectivity index (χ2n) is 25.5. The first kappa shape index (κ1) is 57.8. The first-order valence-electron chi connectivity index (χ1n) is 33.9. The molecular formula is C96H60O2S. The minimum absolute atomic E-state index is 0.925. The second kappa shape index (κ2) is 24.2. The number of fused-ring (bicyclic) bond motifs is 15. The third-order valence-electron chi connectivity index (χ3n) is 20.0. The van der Waals surface area contributed by atoms with E-state index in [0.717, 1.165) is 49.4 Å². The molecule has 3 heteroatoms. The summed E-state index contributed by atoms with van der Waals surface area (Å²) in [6.07, 6.45) is 0. The molecule has 0 amide bonds. The third-order valence-corrected chi connectivity index (χ3v) is 21.2. The van der Waals surface area contributed by atoms with Crippen molar-refractivity contribution in [3.63, 3.8) is 0 Å². The fourth-order valence-corrected chi connectivity index (χ4v) is 17.0. The Bertz CT molecular complexity index is 6260. The van der Waals surface area contributed by atoms with Crippen molar-refractivity contribution in [1.82, 2.24) is 0 Å². The van der Waals surface area contributed by atoms with Crippen molar-refractivity contribution in [3.8, 4) is 66.8 Å². The average Bonchev–Trinajstić information content (AvgIpc) is 1.68. The Labute approximate surface area is 575 Å². The van der Waals surface area contributed by atoms with E-state index in [1.54, 1.807) is 0 Å². The molecule has 21 rings (SSSR count). The minimum atomic E-state index is 0.925. The smallest absolute Gasteiger partial charge is 0.143 e. The zero-order valence-electron chi connectivity index (χ0n) is 53.9. The lowest BCUT2D eigenvalue weighted by Gasteiger charge is -2.18. The van der Waals surface area contributed by atoms with E-state index in [2.05, 4.69) is 340 Å². The zero-order valence-corrected chi connectivity index (χ0v) is 54.7. The van der Waals surface area contributed by atoms with Crippen LogP contribution in [0.1, 0.15) is 0 Å². The summed E-state index contributed by atoms with van der Waals surface area (Å²) in [7, 11) is 0. The summed E-state index contributed by atoms with van der Waals surface area (Å²) in [6.45, 7) is 0. The van der Waals surface area contributed by atoms with Crippen molar-refractivity contribution in [2.45, 2.75) is 0 Å². The molecule has 0 aliphatic rings. The molecule has 0 fully saturated rings. The van der Waals surface area contributed by atoms with Gasteiger partial charge in [0.2, 0.25) is 0 Å². The van der Waals surface area contributed by atoms with Gasteiger partial charge in [0.05, 0.1) is 0 Å². The largest absolute Gasteiger partial charge is 0.456 e. The van der Waals surface area contributed by atoms with Gasteiger partial charge in [-0.2, -0.15) is 0 Å². The van der Waals surface area contributed by atoms with Crippen molar-refractivity contribution >= 4 is 140 Å². The van der Waals surface area contributed by atoms with Crippen LogP contribution in [0.2, 0.25) is 0 Å². The summed E-state index contributed by atoms with van der Waals surface area (Å²) in [5.41, 5.74) is 18.8. The van der Waals surface area contributed by atoms with Crippen LogP contribution in [0.3, 0.4) is 0 Å². The van der Waals surface area contributed by atoms with E-state index in [-0.39, 0.29) is 0 Å². The summed E-state index contributed by atoms with van der Waals surface area (Å²) in [5.74, 6) is 0. The van der Waals surface area contributed by atoms with Crippen molar-refractivity contribution in [1.29, 1.82) is 0 Å². The van der Waals surface area contributed by atoms with E-state index in [1.807, 2.05) is 35.6 Å². The predicted molar refractivity (Wildman–Crippen MR) is 424 cm³/mol. The Morgan fingerprint density at radius 3 is 0.919 bits per heavy atom. The molecule has 0 saturated heterocycles. The van der Waals surface area contributed by atoms with E-state index in [4.69, 9.17) is 8.83 Å². The second-order valence-corrected chi connectivity index (χ2v) is 26.5. The maximum absolute atomic E-state index is 6.45. The summed E-state index contributed by atoms with van der Waals surface area (Å²) < 4.78 is 15.3. The molecule has 0 radical (unpaired) electrons. The first-order chi connectivity index (χ1) is 49.2. The molecule has 3 aromatic heterocycles. The molecule has 0 aliphatic heterocycles. The van der Waals surface area contributed by atoms with E-state index in [9.17, 15) is 0 Å². The third kappa shape index (κ3) is 9.69. The molecule has 0 bridgehead atoms. The van der Waals surface area contributed by atoms with E-state index in [0.29, 0.717) is 0 Å². The molecule has 99 heavy (non-hydrogen) atoms. The van der Waals surface area contributed by atoms with Crippen molar-refractivity contribution in [3.05, 3.63) is 364 Å². The van der Waals surface area contributed by atoms with Crippen LogP contribution in [0.15, 0.2) is 373 Å². The molecule has 0 saturated carbocycles. The predicted octanol–water partition coefficient (Wildman–Crippen LogP) is 28.1. The quantitative estimate of drug-likeness (QED) is 0.155. The standard InChI is InChI=1S/2C32H20O.C32H20S/c1-2-11-21(12-3-1)30-23-14-4-6-16-25(23)31(26-17-7-5-15-24(26)30)28-19-10-18-27-22-13-8-9-20-29(22)33-32(27)28;1-2-10-21(11-3-1)31-24-13-4-6-15-26(24)32(27-16-7-5-14-25(27)31)22-18-19-30-28(20-22)23-12-8-9-17-29(23)33-30;1-2-11-21(12-3-1)30-23-14-4-6-16-25(23)31(26-17-7-5-15-24(26)30)28-19-10-18-27-22-13-8-9-20-29(22)33-32(27)28/h3*1-20H. The maximum atomic E-state index is 6.45. The summed E-state index contributed by atoms with van der Waals surface area (Å²) in [4.78, 5) is 0. The summed E-state index contributed by atoms with van der Waals surface area (Å²) in [5, 5.41) is 22.6. The summed E-state index contributed by atoms with van der Waals surface area (Å²) in [6, 6.07) is 130. The Morgan fingerprint density at radius 2 is 0.475 bits per heavy atom. The normalized spacial score (nSPS) is 11.6. The zero-order chi connectivity index (χ0) is 65.3. The lowest BCUT2D eigenvalue weighted by Crippen LogP contribution is -1.90. The number of rotatable bonds is 6. The van der Waals surface area contributed by atoms with Crippen LogP contribution in [0, 0.1) is 0 Å². The van der Waals surface area contributed by atoms with Gasteiger partial charge < -0.3 is 8.83 Å². The monoisotopic (exact) mass is 1280 g/mol. The van der Waals surface area contributed by atoms with Crippen LogP contribution in [0.4, 0.5) is 0 Å². The fourth-order valence-electron chi connectivity index (χ4n) is 15.8. The van der Waals surface area contributed by atoms with Crippen LogP contribution in [0.5, 0.6) is 0 Å². The van der Waals surface area contributed by atoms with Crippen molar-refractivity contribution in [2.75, 3.05) is 0 Å². The van der Waals surface area contributed by atoms with Crippen molar-refractivity contribution < 1.29 is 8.83 Å². The highest BCUT2D eigenvalue weighted by molar-refractivity contribution is 7.26. The number of para-hydroxylation sites is 3. The van der Waals surface area contributed by atoms with Gasteiger partial charge >= 0.3 is 0 Å². The molecule has 462 valence electrons. The molecule has 0 aliphatic carbocycles. The minimum Gasteiger partial charge on any atom is -0.456 e. The van der Waals surface area contributed by atoms with Gasteiger partial charge in [-0.1, -0.05) is 334 Å². The van der Waals surface area contributed by atoms with Crippen LogP contribution >= 0.6 is 11.3 Å². The van der Waals surface area contributed by atoms with Crippen LogP contribution in [0.25, 0.3) is 195 Å².